The average Bonchev–Trinajstić information content (AvgIpc) is 2.95. The summed E-state index contributed by atoms with van der Waals surface area (Å²) in [6, 6.07) is 16.5. The van der Waals surface area contributed by atoms with E-state index in [0.29, 0.717) is 46.0 Å². The van der Waals surface area contributed by atoms with E-state index in [2.05, 4.69) is 27.8 Å². The van der Waals surface area contributed by atoms with Crippen LogP contribution in [0.15, 0.2) is 83.4 Å². The Kier molecular flexibility index (Phi) is 9.23. The van der Waals surface area contributed by atoms with Crippen LogP contribution < -0.4 is 29.2 Å². The second-order valence-corrected chi connectivity index (χ2v) is 9.34. The van der Waals surface area contributed by atoms with Crippen LogP contribution in [0.1, 0.15) is 11.1 Å². The molecular formula is C30H27BrN2O7. The zero-order valence-corrected chi connectivity index (χ0v) is 23.5. The van der Waals surface area contributed by atoms with Gasteiger partial charge in [0, 0.05) is 0 Å². The Labute approximate surface area is 240 Å². The number of ether oxygens (including phenoxy) is 4. The van der Waals surface area contributed by atoms with Crippen LogP contribution in [0.25, 0.3) is 6.08 Å². The van der Waals surface area contributed by atoms with E-state index in [1.807, 2.05) is 30.3 Å². The highest BCUT2D eigenvalue weighted by Gasteiger charge is 2.37. The van der Waals surface area contributed by atoms with Crippen LogP contribution in [0.5, 0.6) is 23.0 Å². The second-order valence-electron chi connectivity index (χ2n) is 8.49. The summed E-state index contributed by atoms with van der Waals surface area (Å²) in [5.74, 6) is 0.565. The number of nitrogens with one attached hydrogen (secondary N) is 1. The highest BCUT2D eigenvalue weighted by Crippen LogP contribution is 2.37. The lowest BCUT2D eigenvalue weighted by Gasteiger charge is -2.26. The van der Waals surface area contributed by atoms with Crippen molar-refractivity contribution in [3.8, 4) is 23.0 Å². The van der Waals surface area contributed by atoms with Crippen LogP contribution in [0, 0.1) is 0 Å². The molecule has 3 aromatic carbocycles. The number of barbiturate groups is 1. The summed E-state index contributed by atoms with van der Waals surface area (Å²) in [5.41, 5.74) is 1.58. The Morgan fingerprint density at radius 2 is 1.65 bits per heavy atom. The molecule has 10 heteroatoms. The predicted molar refractivity (Wildman–Crippen MR) is 154 cm³/mol. The maximum absolute atomic E-state index is 13.2. The first kappa shape index (κ1) is 28.4. The van der Waals surface area contributed by atoms with Gasteiger partial charge < -0.3 is 18.9 Å². The van der Waals surface area contributed by atoms with Crippen molar-refractivity contribution < 1.29 is 33.3 Å². The molecule has 1 heterocycles. The number of nitrogens with zero attached hydrogens (tertiary/aromatic N) is 1. The highest BCUT2D eigenvalue weighted by molar-refractivity contribution is 9.10. The summed E-state index contributed by atoms with van der Waals surface area (Å²) in [6.45, 7) is 4.30. The van der Waals surface area contributed by atoms with E-state index in [-0.39, 0.29) is 12.2 Å². The number of anilines is 1. The summed E-state index contributed by atoms with van der Waals surface area (Å²) in [7, 11) is 2.99. The molecular weight excluding hydrogens is 580 g/mol. The summed E-state index contributed by atoms with van der Waals surface area (Å²) in [5, 5.41) is 2.21. The van der Waals surface area contributed by atoms with E-state index in [1.165, 1.54) is 20.3 Å². The number of benzene rings is 3. The molecule has 206 valence electrons. The van der Waals surface area contributed by atoms with Crippen molar-refractivity contribution in [1.82, 2.24) is 5.32 Å². The van der Waals surface area contributed by atoms with Crippen LogP contribution in [0.3, 0.4) is 0 Å². The first-order chi connectivity index (χ1) is 19.4. The van der Waals surface area contributed by atoms with Crippen LogP contribution in [0.2, 0.25) is 0 Å². The molecule has 1 aliphatic heterocycles. The van der Waals surface area contributed by atoms with Crippen molar-refractivity contribution >= 4 is 45.5 Å². The fourth-order valence-electron chi connectivity index (χ4n) is 4.02. The van der Waals surface area contributed by atoms with Gasteiger partial charge in [-0.2, -0.15) is 0 Å². The van der Waals surface area contributed by atoms with Crippen LogP contribution in [-0.2, 0) is 16.0 Å². The van der Waals surface area contributed by atoms with E-state index in [0.717, 1.165) is 16.2 Å². The zero-order valence-electron chi connectivity index (χ0n) is 21.9. The molecule has 4 rings (SSSR count). The topological polar surface area (TPSA) is 103 Å². The molecule has 9 nitrogen and oxygen atoms in total. The van der Waals surface area contributed by atoms with Gasteiger partial charge in [0.25, 0.3) is 11.8 Å². The van der Waals surface area contributed by atoms with Crippen molar-refractivity contribution in [3.05, 3.63) is 94.5 Å². The molecule has 4 amide bonds. The molecule has 0 spiro atoms. The van der Waals surface area contributed by atoms with E-state index < -0.39 is 17.8 Å². The van der Waals surface area contributed by atoms with Crippen molar-refractivity contribution in [2.45, 2.75) is 6.42 Å². The number of carbonyl (C=O) groups excluding carboxylic acids is 3. The molecule has 0 aliphatic carbocycles. The quantitative estimate of drug-likeness (QED) is 0.136. The monoisotopic (exact) mass is 606 g/mol. The molecule has 1 aliphatic rings. The van der Waals surface area contributed by atoms with E-state index >= 15 is 0 Å². The van der Waals surface area contributed by atoms with Gasteiger partial charge in [0.05, 0.1) is 24.4 Å². The SMILES string of the molecule is C=CCc1ccccc1OCCOc1c(Br)cc(/C=C2/C(=O)NC(=O)N(c3ccc(OC)cc3)C2=O)cc1OC. The summed E-state index contributed by atoms with van der Waals surface area (Å²) in [4.78, 5) is 39.2. The Bertz CT molecular complexity index is 1470. The first-order valence-corrected chi connectivity index (χ1v) is 13.0. The van der Waals surface area contributed by atoms with Gasteiger partial charge >= 0.3 is 6.03 Å². The number of methoxy groups -OCH3 is 2. The Balaban J connectivity index is 1.51. The smallest absolute Gasteiger partial charge is 0.335 e. The molecule has 0 saturated carbocycles. The van der Waals surface area contributed by atoms with Gasteiger partial charge in [-0.25, -0.2) is 9.69 Å². The number of allylic oxidation sites excluding steroid dienone is 1. The molecule has 0 radical (unpaired) electrons. The molecule has 40 heavy (non-hydrogen) atoms. The Morgan fingerprint density at radius 3 is 2.35 bits per heavy atom. The van der Waals surface area contributed by atoms with Gasteiger partial charge in [-0.05, 0) is 82.0 Å². The third-order valence-corrected chi connectivity index (χ3v) is 6.51. The Morgan fingerprint density at radius 1 is 0.925 bits per heavy atom. The molecule has 0 atom stereocenters. The second kappa shape index (κ2) is 13.0. The van der Waals surface area contributed by atoms with Gasteiger partial charge in [0.1, 0.15) is 30.3 Å². The first-order valence-electron chi connectivity index (χ1n) is 12.2. The minimum atomic E-state index is -0.839. The molecule has 1 saturated heterocycles. The van der Waals surface area contributed by atoms with E-state index in [9.17, 15) is 14.4 Å². The minimum absolute atomic E-state index is 0.218. The number of urea groups is 1. The lowest BCUT2D eigenvalue weighted by Crippen LogP contribution is -2.54. The summed E-state index contributed by atoms with van der Waals surface area (Å²) in [6.07, 6.45) is 3.90. The lowest BCUT2D eigenvalue weighted by molar-refractivity contribution is -0.122. The standard InChI is InChI=1S/C30H27BrN2O7/c1-4-7-20-8-5-6-9-25(20)39-14-15-40-27-24(31)17-19(18-26(27)38-3)16-23-28(34)32-30(36)33(29(23)35)21-10-12-22(37-2)13-11-21/h4-6,8-13,16-18H,1,7,14-15H2,2-3H3,(H,32,34,36)/b23-16-. The van der Waals surface area contributed by atoms with Crippen molar-refractivity contribution in [3.63, 3.8) is 0 Å². The van der Waals surface area contributed by atoms with E-state index in [1.54, 1.807) is 36.4 Å². The molecule has 0 bridgehead atoms. The van der Waals surface area contributed by atoms with Crippen molar-refractivity contribution in [2.24, 2.45) is 0 Å². The van der Waals surface area contributed by atoms with E-state index in [4.69, 9.17) is 18.9 Å². The van der Waals surface area contributed by atoms with Crippen LogP contribution >= 0.6 is 15.9 Å². The number of halogens is 1. The average molecular weight is 607 g/mol. The minimum Gasteiger partial charge on any atom is -0.497 e. The maximum atomic E-state index is 13.2. The number of hydrogen-bond donors (Lipinski definition) is 1. The predicted octanol–water partition coefficient (Wildman–Crippen LogP) is 5.32. The van der Waals surface area contributed by atoms with Gasteiger partial charge in [-0.15, -0.1) is 6.58 Å². The third kappa shape index (κ3) is 6.35. The Hall–Kier alpha value is -4.57. The summed E-state index contributed by atoms with van der Waals surface area (Å²) < 4.78 is 23.0. The maximum Gasteiger partial charge on any atom is 0.335 e. The van der Waals surface area contributed by atoms with Crippen LogP contribution in [-0.4, -0.2) is 45.3 Å². The van der Waals surface area contributed by atoms with Crippen molar-refractivity contribution in [1.29, 1.82) is 0 Å². The van der Waals surface area contributed by atoms with Gasteiger partial charge in [-0.3, -0.25) is 14.9 Å². The third-order valence-electron chi connectivity index (χ3n) is 5.92. The number of para-hydroxylation sites is 1. The molecule has 1 fully saturated rings. The van der Waals surface area contributed by atoms with Gasteiger partial charge in [-0.1, -0.05) is 24.3 Å². The number of amides is 4. The fraction of sp³-hybridized carbons (Fsp3) is 0.167. The number of hydrogen-bond acceptors (Lipinski definition) is 7. The molecule has 0 unspecified atom stereocenters. The van der Waals surface area contributed by atoms with Gasteiger partial charge in [0.15, 0.2) is 11.5 Å². The largest absolute Gasteiger partial charge is 0.497 e. The molecule has 0 aromatic heterocycles. The normalized spacial score (nSPS) is 14.1. The van der Waals surface area contributed by atoms with Crippen LogP contribution in [0.4, 0.5) is 10.5 Å². The number of imide groups is 2. The highest BCUT2D eigenvalue weighted by atomic mass is 79.9. The zero-order chi connectivity index (χ0) is 28.6. The molecule has 3 aromatic rings. The summed E-state index contributed by atoms with van der Waals surface area (Å²) >= 11 is 3.49. The number of carbonyl (C=O) groups is 3. The van der Waals surface area contributed by atoms with Gasteiger partial charge in [0.2, 0.25) is 0 Å². The lowest BCUT2D eigenvalue weighted by atomic mass is 10.1. The fourth-order valence-corrected chi connectivity index (χ4v) is 4.59. The molecule has 1 N–H and O–H groups in total. The van der Waals surface area contributed by atoms with Crippen molar-refractivity contribution in [2.75, 3.05) is 32.3 Å². The number of rotatable bonds is 11.